The topological polar surface area (TPSA) is 122 Å². The standard InChI is InChI=1S/C18H15N3O5/c1-21-16-12(7-11(8-19-16)10-5-3-2-4-6-10)15(24)14(18(21)26)17(25)20-9-13(22)23/h2-8,24H,9H2,1H3,(H,20,25)(H,22,23). The lowest BCUT2D eigenvalue weighted by molar-refractivity contribution is -0.135. The van der Waals surface area contributed by atoms with Gasteiger partial charge in [-0.25, -0.2) is 4.98 Å². The van der Waals surface area contributed by atoms with Crippen LogP contribution in [0.25, 0.3) is 22.2 Å². The van der Waals surface area contributed by atoms with Crippen LogP contribution >= 0.6 is 0 Å². The van der Waals surface area contributed by atoms with Gasteiger partial charge in [-0.3, -0.25) is 19.0 Å². The summed E-state index contributed by atoms with van der Waals surface area (Å²) in [4.78, 5) is 39.4. The first-order valence-electron chi connectivity index (χ1n) is 7.67. The molecule has 2 aromatic heterocycles. The van der Waals surface area contributed by atoms with Gasteiger partial charge in [-0.2, -0.15) is 0 Å². The summed E-state index contributed by atoms with van der Waals surface area (Å²) < 4.78 is 1.14. The van der Waals surface area contributed by atoms with Crippen molar-refractivity contribution < 1.29 is 19.8 Å². The van der Waals surface area contributed by atoms with Gasteiger partial charge < -0.3 is 15.5 Å². The maximum atomic E-state index is 12.4. The van der Waals surface area contributed by atoms with Crippen LogP contribution in [0.4, 0.5) is 0 Å². The number of amides is 1. The first-order chi connectivity index (χ1) is 12.4. The number of rotatable bonds is 4. The summed E-state index contributed by atoms with van der Waals surface area (Å²) in [6, 6.07) is 10.9. The van der Waals surface area contributed by atoms with E-state index in [-0.39, 0.29) is 11.0 Å². The van der Waals surface area contributed by atoms with Crippen LogP contribution in [0.2, 0.25) is 0 Å². The molecular formula is C18H15N3O5. The van der Waals surface area contributed by atoms with Crippen LogP contribution in [0.15, 0.2) is 47.4 Å². The number of carbonyl (C=O) groups excluding carboxylic acids is 1. The third-order valence-corrected chi connectivity index (χ3v) is 3.93. The molecule has 1 aromatic carbocycles. The molecule has 0 aliphatic heterocycles. The molecule has 0 saturated heterocycles. The highest BCUT2D eigenvalue weighted by Crippen LogP contribution is 2.29. The van der Waals surface area contributed by atoms with E-state index >= 15 is 0 Å². The third-order valence-electron chi connectivity index (χ3n) is 3.93. The molecule has 0 aliphatic rings. The Kier molecular flexibility index (Phi) is 4.40. The van der Waals surface area contributed by atoms with Crippen LogP contribution in [0.3, 0.4) is 0 Å². The molecule has 0 unspecified atom stereocenters. The Morgan fingerprint density at radius 3 is 2.54 bits per heavy atom. The predicted molar refractivity (Wildman–Crippen MR) is 94.1 cm³/mol. The van der Waals surface area contributed by atoms with Crippen molar-refractivity contribution in [1.82, 2.24) is 14.9 Å². The Labute approximate surface area is 147 Å². The summed E-state index contributed by atoms with van der Waals surface area (Å²) in [5.41, 5.74) is 0.476. The summed E-state index contributed by atoms with van der Waals surface area (Å²) >= 11 is 0. The summed E-state index contributed by atoms with van der Waals surface area (Å²) in [6.45, 7) is -0.665. The van der Waals surface area contributed by atoms with Crippen molar-refractivity contribution in [3.8, 4) is 16.9 Å². The van der Waals surface area contributed by atoms with E-state index in [0.717, 1.165) is 10.1 Å². The number of hydrogen-bond donors (Lipinski definition) is 3. The Morgan fingerprint density at radius 1 is 1.19 bits per heavy atom. The molecule has 132 valence electrons. The van der Waals surface area contributed by atoms with Crippen LogP contribution < -0.4 is 10.9 Å². The molecule has 8 nitrogen and oxygen atoms in total. The first kappa shape index (κ1) is 17.2. The molecule has 0 atom stereocenters. The smallest absolute Gasteiger partial charge is 0.322 e. The maximum absolute atomic E-state index is 12.4. The van der Waals surface area contributed by atoms with Gasteiger partial charge >= 0.3 is 5.97 Å². The molecule has 3 rings (SSSR count). The van der Waals surface area contributed by atoms with Gasteiger partial charge in [-0.05, 0) is 11.6 Å². The second-order valence-electron chi connectivity index (χ2n) is 5.63. The molecule has 0 spiro atoms. The normalized spacial score (nSPS) is 10.7. The Bertz CT molecular complexity index is 1070. The average Bonchev–Trinajstić information content (AvgIpc) is 2.65. The number of aryl methyl sites for hydroxylation is 1. The van der Waals surface area contributed by atoms with Gasteiger partial charge in [-0.1, -0.05) is 30.3 Å². The lowest BCUT2D eigenvalue weighted by Gasteiger charge is -2.12. The van der Waals surface area contributed by atoms with E-state index in [2.05, 4.69) is 10.3 Å². The van der Waals surface area contributed by atoms with E-state index in [1.54, 1.807) is 12.3 Å². The average molecular weight is 353 g/mol. The third kappa shape index (κ3) is 3.00. The summed E-state index contributed by atoms with van der Waals surface area (Å²) in [5, 5.41) is 21.5. The van der Waals surface area contributed by atoms with Crippen LogP contribution in [-0.2, 0) is 11.8 Å². The molecule has 0 saturated carbocycles. The zero-order chi connectivity index (χ0) is 18.8. The second-order valence-corrected chi connectivity index (χ2v) is 5.63. The highest BCUT2D eigenvalue weighted by atomic mass is 16.4. The molecule has 0 bridgehead atoms. The highest BCUT2D eigenvalue weighted by Gasteiger charge is 2.22. The summed E-state index contributed by atoms with van der Waals surface area (Å²) in [5.74, 6) is -2.75. The number of carboxylic acids is 1. The molecular weight excluding hydrogens is 338 g/mol. The van der Waals surface area contributed by atoms with E-state index in [1.165, 1.54) is 7.05 Å². The van der Waals surface area contributed by atoms with Crippen molar-refractivity contribution in [2.24, 2.45) is 7.05 Å². The lowest BCUT2D eigenvalue weighted by Crippen LogP contribution is -2.35. The number of nitrogens with one attached hydrogen (secondary N) is 1. The van der Waals surface area contributed by atoms with Gasteiger partial charge in [0.05, 0.1) is 5.39 Å². The zero-order valence-corrected chi connectivity index (χ0v) is 13.8. The van der Waals surface area contributed by atoms with Gasteiger partial charge in [0, 0.05) is 18.8 Å². The Morgan fingerprint density at radius 2 is 1.88 bits per heavy atom. The van der Waals surface area contributed by atoms with Gasteiger partial charge in [-0.15, -0.1) is 0 Å². The number of benzene rings is 1. The number of hydrogen-bond acceptors (Lipinski definition) is 5. The fraction of sp³-hybridized carbons (Fsp3) is 0.111. The maximum Gasteiger partial charge on any atom is 0.322 e. The molecule has 0 fully saturated rings. The minimum absolute atomic E-state index is 0.210. The predicted octanol–water partition coefficient (Wildman–Crippen LogP) is 1.12. The van der Waals surface area contributed by atoms with Crippen LogP contribution in [0.1, 0.15) is 10.4 Å². The first-order valence-corrected chi connectivity index (χ1v) is 7.67. The van der Waals surface area contributed by atoms with Gasteiger partial charge in [0.25, 0.3) is 11.5 Å². The lowest BCUT2D eigenvalue weighted by atomic mass is 10.0. The molecule has 3 N–H and O–H groups in total. The summed E-state index contributed by atoms with van der Waals surface area (Å²) in [6.07, 6.45) is 1.57. The van der Waals surface area contributed by atoms with Crippen LogP contribution in [0, 0.1) is 0 Å². The minimum atomic E-state index is -1.26. The van der Waals surface area contributed by atoms with Gasteiger partial charge in [0.1, 0.15) is 23.5 Å². The van der Waals surface area contributed by atoms with Crippen molar-refractivity contribution in [2.45, 2.75) is 0 Å². The molecule has 0 radical (unpaired) electrons. The largest absolute Gasteiger partial charge is 0.506 e. The zero-order valence-electron chi connectivity index (χ0n) is 13.8. The van der Waals surface area contributed by atoms with Crippen molar-refractivity contribution >= 4 is 22.9 Å². The molecule has 1 amide bonds. The van der Waals surface area contributed by atoms with Crippen molar-refractivity contribution in [3.63, 3.8) is 0 Å². The van der Waals surface area contributed by atoms with E-state index in [0.29, 0.717) is 5.56 Å². The number of carboxylic acid groups (broad SMARTS) is 1. The number of nitrogens with zero attached hydrogens (tertiary/aromatic N) is 2. The highest BCUT2D eigenvalue weighted by molar-refractivity contribution is 6.03. The quantitative estimate of drug-likeness (QED) is 0.646. The summed E-state index contributed by atoms with van der Waals surface area (Å²) in [7, 11) is 1.42. The molecule has 26 heavy (non-hydrogen) atoms. The monoisotopic (exact) mass is 353 g/mol. The second kappa shape index (κ2) is 6.67. The minimum Gasteiger partial charge on any atom is -0.506 e. The van der Waals surface area contributed by atoms with Crippen molar-refractivity contribution in [3.05, 3.63) is 58.5 Å². The fourth-order valence-corrected chi connectivity index (χ4v) is 2.64. The van der Waals surface area contributed by atoms with Crippen molar-refractivity contribution in [2.75, 3.05) is 6.54 Å². The van der Waals surface area contributed by atoms with Gasteiger partial charge in [0.15, 0.2) is 0 Å². The van der Waals surface area contributed by atoms with Crippen molar-refractivity contribution in [1.29, 1.82) is 0 Å². The van der Waals surface area contributed by atoms with Gasteiger partial charge in [0.2, 0.25) is 0 Å². The van der Waals surface area contributed by atoms with Crippen LogP contribution in [-0.4, -0.2) is 38.2 Å². The van der Waals surface area contributed by atoms with E-state index in [4.69, 9.17) is 5.11 Å². The number of fused-ring (bicyclic) bond motifs is 1. The van der Waals surface area contributed by atoms with Crippen LogP contribution in [0.5, 0.6) is 5.75 Å². The number of aliphatic carboxylic acids is 1. The molecule has 8 heteroatoms. The molecule has 0 aliphatic carbocycles. The number of aromatic nitrogens is 2. The molecule has 3 aromatic rings. The number of carbonyl (C=O) groups is 2. The Balaban J connectivity index is 2.19. The Hall–Kier alpha value is -3.68. The number of aromatic hydroxyl groups is 1. The fourth-order valence-electron chi connectivity index (χ4n) is 2.64. The SMILES string of the molecule is Cn1c(=O)c(C(=O)NCC(=O)O)c(O)c2cc(-c3ccccc3)cnc21. The van der Waals surface area contributed by atoms with E-state index in [1.807, 2.05) is 30.3 Å². The van der Waals surface area contributed by atoms with E-state index in [9.17, 15) is 19.5 Å². The van der Waals surface area contributed by atoms with E-state index < -0.39 is 35.3 Å². The number of pyridine rings is 2. The molecule has 2 heterocycles.